The van der Waals surface area contributed by atoms with E-state index >= 15 is 0 Å². The van der Waals surface area contributed by atoms with Crippen LogP contribution in [0.25, 0.3) is 0 Å². The number of ether oxygens (including phenoxy) is 2. The van der Waals surface area contributed by atoms with Crippen LogP contribution in [0.1, 0.15) is 12.5 Å². The van der Waals surface area contributed by atoms with E-state index in [2.05, 4.69) is 4.99 Å². The maximum Gasteiger partial charge on any atom is 0.161 e. The van der Waals surface area contributed by atoms with Gasteiger partial charge in [0.1, 0.15) is 0 Å². The molecule has 0 aliphatic carbocycles. The normalized spacial score (nSPS) is 11.3. The van der Waals surface area contributed by atoms with Crippen LogP contribution >= 0.6 is 0 Å². The third-order valence-corrected chi connectivity index (χ3v) is 2.14. The molecule has 0 N–H and O–H groups in total. The molecule has 1 aromatic carbocycles. The number of hydrogen-bond acceptors (Lipinski definition) is 3. The van der Waals surface area contributed by atoms with Crippen molar-refractivity contribution in [2.75, 3.05) is 21.3 Å². The number of rotatable bonds is 3. The summed E-state index contributed by atoms with van der Waals surface area (Å²) in [4.78, 5) is 4.11. The summed E-state index contributed by atoms with van der Waals surface area (Å²) in [6, 6.07) is 5.76. The first kappa shape index (κ1) is 10.6. The minimum Gasteiger partial charge on any atom is -0.493 e. The third-order valence-electron chi connectivity index (χ3n) is 2.14. The Hall–Kier alpha value is -1.51. The van der Waals surface area contributed by atoms with E-state index in [1.54, 1.807) is 21.3 Å². The van der Waals surface area contributed by atoms with Crippen molar-refractivity contribution < 1.29 is 9.47 Å². The molecule has 76 valence electrons. The van der Waals surface area contributed by atoms with E-state index in [9.17, 15) is 0 Å². The van der Waals surface area contributed by atoms with Gasteiger partial charge in [0.2, 0.25) is 0 Å². The van der Waals surface area contributed by atoms with Crippen molar-refractivity contribution in [3.8, 4) is 11.5 Å². The molecule has 0 bridgehead atoms. The zero-order valence-electron chi connectivity index (χ0n) is 9.00. The molecule has 0 saturated carbocycles. The molecule has 0 amide bonds. The summed E-state index contributed by atoms with van der Waals surface area (Å²) >= 11 is 0. The first-order valence-corrected chi connectivity index (χ1v) is 4.38. The molecule has 14 heavy (non-hydrogen) atoms. The fourth-order valence-electron chi connectivity index (χ4n) is 1.19. The van der Waals surface area contributed by atoms with Gasteiger partial charge in [-0.25, -0.2) is 0 Å². The molecular weight excluding hydrogens is 178 g/mol. The van der Waals surface area contributed by atoms with Crippen LogP contribution in [0.3, 0.4) is 0 Å². The standard InChI is InChI=1S/C11H15NO2/c1-8(12-2)9-5-6-10(13-3)11(7-9)14-4/h5-7H,1-4H3. The van der Waals surface area contributed by atoms with Gasteiger partial charge >= 0.3 is 0 Å². The maximum atomic E-state index is 5.19. The number of aliphatic imine (C=N–C) groups is 1. The van der Waals surface area contributed by atoms with Gasteiger partial charge in [0.25, 0.3) is 0 Å². The van der Waals surface area contributed by atoms with Gasteiger partial charge in [0.15, 0.2) is 11.5 Å². The summed E-state index contributed by atoms with van der Waals surface area (Å²) in [5, 5.41) is 0. The van der Waals surface area contributed by atoms with Gasteiger partial charge in [-0.1, -0.05) is 0 Å². The molecule has 1 aromatic rings. The Morgan fingerprint density at radius 3 is 2.29 bits per heavy atom. The molecule has 0 aromatic heterocycles. The van der Waals surface area contributed by atoms with Gasteiger partial charge in [0, 0.05) is 12.8 Å². The molecule has 0 radical (unpaired) electrons. The van der Waals surface area contributed by atoms with Crippen LogP contribution in [0.2, 0.25) is 0 Å². The van der Waals surface area contributed by atoms with E-state index in [-0.39, 0.29) is 0 Å². The first-order chi connectivity index (χ1) is 6.72. The molecule has 0 spiro atoms. The summed E-state index contributed by atoms with van der Waals surface area (Å²) < 4.78 is 10.3. The number of methoxy groups -OCH3 is 2. The SMILES string of the molecule is CN=C(C)c1ccc(OC)c(OC)c1. The zero-order valence-corrected chi connectivity index (χ0v) is 9.00. The largest absolute Gasteiger partial charge is 0.493 e. The second-order valence-corrected chi connectivity index (χ2v) is 2.88. The van der Waals surface area contributed by atoms with Gasteiger partial charge in [-0.05, 0) is 30.7 Å². The van der Waals surface area contributed by atoms with Crippen molar-refractivity contribution in [3.05, 3.63) is 23.8 Å². The average Bonchev–Trinajstić information content (AvgIpc) is 2.26. The van der Waals surface area contributed by atoms with E-state index in [0.717, 1.165) is 22.8 Å². The Bertz CT molecular complexity index is 345. The molecule has 0 atom stereocenters. The fraction of sp³-hybridized carbons (Fsp3) is 0.364. The zero-order chi connectivity index (χ0) is 10.6. The Balaban J connectivity index is 3.14. The highest BCUT2D eigenvalue weighted by Gasteiger charge is 2.05. The summed E-state index contributed by atoms with van der Waals surface area (Å²) in [5.74, 6) is 1.47. The van der Waals surface area contributed by atoms with Gasteiger partial charge < -0.3 is 9.47 Å². The summed E-state index contributed by atoms with van der Waals surface area (Å²) in [6.45, 7) is 1.96. The molecule has 3 heteroatoms. The van der Waals surface area contributed by atoms with Crippen LogP contribution in [-0.4, -0.2) is 27.0 Å². The molecule has 0 aliphatic heterocycles. The first-order valence-electron chi connectivity index (χ1n) is 4.38. The van der Waals surface area contributed by atoms with E-state index < -0.39 is 0 Å². The quantitative estimate of drug-likeness (QED) is 0.688. The number of hydrogen-bond donors (Lipinski definition) is 0. The number of benzene rings is 1. The van der Waals surface area contributed by atoms with Crippen LogP contribution in [0.4, 0.5) is 0 Å². The van der Waals surface area contributed by atoms with Crippen molar-refractivity contribution in [2.45, 2.75) is 6.92 Å². The van der Waals surface area contributed by atoms with Crippen molar-refractivity contribution in [1.82, 2.24) is 0 Å². The summed E-state index contributed by atoms with van der Waals surface area (Å²) in [7, 11) is 5.02. The van der Waals surface area contributed by atoms with Gasteiger partial charge in [-0.15, -0.1) is 0 Å². The lowest BCUT2D eigenvalue weighted by molar-refractivity contribution is 0.355. The Kier molecular flexibility index (Phi) is 3.51. The molecule has 0 unspecified atom stereocenters. The van der Waals surface area contributed by atoms with E-state index in [4.69, 9.17) is 9.47 Å². The maximum absolute atomic E-state index is 5.19. The second kappa shape index (κ2) is 4.65. The highest BCUT2D eigenvalue weighted by atomic mass is 16.5. The van der Waals surface area contributed by atoms with Gasteiger partial charge in [-0.2, -0.15) is 0 Å². The highest BCUT2D eigenvalue weighted by molar-refractivity contribution is 5.99. The topological polar surface area (TPSA) is 30.8 Å². The van der Waals surface area contributed by atoms with E-state index in [1.165, 1.54) is 0 Å². The predicted octanol–water partition coefficient (Wildman–Crippen LogP) is 2.14. The lowest BCUT2D eigenvalue weighted by atomic mass is 10.1. The van der Waals surface area contributed by atoms with Gasteiger partial charge in [-0.3, -0.25) is 4.99 Å². The minimum absolute atomic E-state index is 0.730. The number of nitrogens with zero attached hydrogens (tertiary/aromatic N) is 1. The van der Waals surface area contributed by atoms with Crippen LogP contribution in [0.15, 0.2) is 23.2 Å². The Labute approximate surface area is 84.4 Å². The molecule has 3 nitrogen and oxygen atoms in total. The van der Waals surface area contributed by atoms with Crippen molar-refractivity contribution in [3.63, 3.8) is 0 Å². The molecule has 1 rings (SSSR count). The van der Waals surface area contributed by atoms with Crippen LogP contribution in [0, 0.1) is 0 Å². The third kappa shape index (κ3) is 2.05. The van der Waals surface area contributed by atoms with Crippen LogP contribution < -0.4 is 9.47 Å². The van der Waals surface area contributed by atoms with Crippen LogP contribution in [-0.2, 0) is 0 Å². The molecular formula is C11H15NO2. The Morgan fingerprint density at radius 1 is 1.14 bits per heavy atom. The smallest absolute Gasteiger partial charge is 0.161 e. The molecule has 0 aliphatic rings. The average molecular weight is 193 g/mol. The summed E-state index contributed by atoms with van der Waals surface area (Å²) in [5.41, 5.74) is 2.02. The minimum atomic E-state index is 0.730. The van der Waals surface area contributed by atoms with Crippen LogP contribution in [0.5, 0.6) is 11.5 Å². The fourth-order valence-corrected chi connectivity index (χ4v) is 1.19. The van der Waals surface area contributed by atoms with E-state index in [1.807, 2.05) is 25.1 Å². The predicted molar refractivity (Wildman–Crippen MR) is 57.7 cm³/mol. The van der Waals surface area contributed by atoms with Crippen molar-refractivity contribution >= 4 is 5.71 Å². The lowest BCUT2D eigenvalue weighted by Gasteiger charge is -2.08. The van der Waals surface area contributed by atoms with Crippen molar-refractivity contribution in [2.24, 2.45) is 4.99 Å². The van der Waals surface area contributed by atoms with Crippen molar-refractivity contribution in [1.29, 1.82) is 0 Å². The second-order valence-electron chi connectivity index (χ2n) is 2.88. The van der Waals surface area contributed by atoms with Gasteiger partial charge in [0.05, 0.1) is 14.2 Å². The molecule has 0 saturated heterocycles. The Morgan fingerprint density at radius 2 is 1.79 bits per heavy atom. The molecule has 0 heterocycles. The highest BCUT2D eigenvalue weighted by Crippen LogP contribution is 2.27. The monoisotopic (exact) mass is 193 g/mol. The van der Waals surface area contributed by atoms with E-state index in [0.29, 0.717) is 0 Å². The lowest BCUT2D eigenvalue weighted by Crippen LogP contribution is -1.97. The molecule has 0 fully saturated rings. The summed E-state index contributed by atoms with van der Waals surface area (Å²) in [6.07, 6.45) is 0.